The Bertz CT molecular complexity index is 718. The number of ether oxygens (including phenoxy) is 1. The average molecular weight is 353 g/mol. The summed E-state index contributed by atoms with van der Waals surface area (Å²) >= 11 is 0. The van der Waals surface area contributed by atoms with Crippen LogP contribution < -0.4 is 4.74 Å². The number of likely N-dealkylation sites (tertiary alicyclic amines) is 1. The zero-order chi connectivity index (χ0) is 18.4. The number of aryl methyl sites for hydroxylation is 1. The van der Waals surface area contributed by atoms with E-state index in [0.29, 0.717) is 6.61 Å². The van der Waals surface area contributed by atoms with E-state index in [4.69, 9.17) is 9.84 Å². The summed E-state index contributed by atoms with van der Waals surface area (Å²) in [4.78, 5) is 13.3. The number of hydrogen-bond donors (Lipinski definition) is 1. The van der Waals surface area contributed by atoms with Gasteiger partial charge in [-0.1, -0.05) is 42.0 Å². The lowest BCUT2D eigenvalue weighted by atomic mass is 9.97. The number of carboxylic acids is 1. The van der Waals surface area contributed by atoms with E-state index in [2.05, 4.69) is 48.2 Å². The molecule has 0 aromatic heterocycles. The maximum absolute atomic E-state index is 11.0. The van der Waals surface area contributed by atoms with E-state index in [0.717, 1.165) is 44.6 Å². The topological polar surface area (TPSA) is 49.8 Å². The van der Waals surface area contributed by atoms with Crippen LogP contribution in [0, 0.1) is 12.8 Å². The van der Waals surface area contributed by atoms with Gasteiger partial charge in [0.25, 0.3) is 0 Å². The van der Waals surface area contributed by atoms with Gasteiger partial charge in [0.2, 0.25) is 0 Å². The highest BCUT2D eigenvalue weighted by molar-refractivity contribution is 5.70. The molecule has 0 radical (unpaired) electrons. The van der Waals surface area contributed by atoms with Gasteiger partial charge in [-0.3, -0.25) is 4.79 Å². The van der Waals surface area contributed by atoms with Crippen LogP contribution in [-0.2, 0) is 4.79 Å². The Balaban J connectivity index is 1.40. The molecule has 1 aliphatic rings. The van der Waals surface area contributed by atoms with Gasteiger partial charge >= 0.3 is 5.97 Å². The van der Waals surface area contributed by atoms with E-state index >= 15 is 0 Å². The normalized spacial score (nSPS) is 15.7. The molecule has 138 valence electrons. The Kier molecular flexibility index (Phi) is 6.29. The molecule has 0 saturated carbocycles. The van der Waals surface area contributed by atoms with E-state index in [1.807, 2.05) is 12.1 Å². The number of carbonyl (C=O) groups is 1. The second kappa shape index (κ2) is 8.86. The summed E-state index contributed by atoms with van der Waals surface area (Å²) in [5, 5.41) is 9.03. The van der Waals surface area contributed by atoms with Crippen LogP contribution >= 0.6 is 0 Å². The fourth-order valence-electron chi connectivity index (χ4n) is 3.45. The minimum absolute atomic E-state index is 0.158. The van der Waals surface area contributed by atoms with Crippen molar-refractivity contribution in [3.63, 3.8) is 0 Å². The van der Waals surface area contributed by atoms with Crippen LogP contribution in [0.1, 0.15) is 24.8 Å². The van der Waals surface area contributed by atoms with Crippen molar-refractivity contribution in [1.29, 1.82) is 0 Å². The summed E-state index contributed by atoms with van der Waals surface area (Å²) in [5.41, 5.74) is 3.68. The van der Waals surface area contributed by atoms with Gasteiger partial charge in [-0.2, -0.15) is 0 Å². The van der Waals surface area contributed by atoms with Crippen LogP contribution in [0.5, 0.6) is 5.75 Å². The first-order valence-electron chi connectivity index (χ1n) is 9.37. The van der Waals surface area contributed by atoms with Gasteiger partial charge in [0.05, 0.1) is 12.5 Å². The average Bonchev–Trinajstić information content (AvgIpc) is 2.66. The highest BCUT2D eigenvalue weighted by Crippen LogP contribution is 2.23. The summed E-state index contributed by atoms with van der Waals surface area (Å²) in [7, 11) is 0. The summed E-state index contributed by atoms with van der Waals surface area (Å²) < 4.78 is 5.85. The Morgan fingerprint density at radius 2 is 1.85 bits per heavy atom. The third kappa shape index (κ3) is 5.09. The first kappa shape index (κ1) is 18.5. The molecule has 0 atom stereocenters. The van der Waals surface area contributed by atoms with Gasteiger partial charge < -0.3 is 14.7 Å². The van der Waals surface area contributed by atoms with Crippen molar-refractivity contribution >= 4 is 5.97 Å². The fraction of sp³-hybridized carbons (Fsp3) is 0.409. The van der Waals surface area contributed by atoms with Crippen molar-refractivity contribution in [2.24, 2.45) is 5.92 Å². The van der Waals surface area contributed by atoms with E-state index in [1.165, 1.54) is 16.7 Å². The van der Waals surface area contributed by atoms with Crippen LogP contribution in [0.15, 0.2) is 48.5 Å². The van der Waals surface area contributed by atoms with E-state index in [9.17, 15) is 4.79 Å². The van der Waals surface area contributed by atoms with Crippen LogP contribution in [0.25, 0.3) is 11.1 Å². The lowest BCUT2D eigenvalue weighted by Crippen LogP contribution is -2.37. The van der Waals surface area contributed by atoms with Crippen LogP contribution in [0.4, 0.5) is 0 Å². The second-order valence-corrected chi connectivity index (χ2v) is 7.05. The fourth-order valence-corrected chi connectivity index (χ4v) is 3.45. The molecule has 4 heteroatoms. The summed E-state index contributed by atoms with van der Waals surface area (Å²) in [5.74, 6) is 0.0856. The highest BCUT2D eigenvalue weighted by Gasteiger charge is 2.23. The predicted octanol–water partition coefficient (Wildman–Crippen LogP) is 4.23. The van der Waals surface area contributed by atoms with E-state index in [-0.39, 0.29) is 5.92 Å². The number of rotatable bonds is 7. The number of nitrogens with zero attached hydrogens (tertiary/aromatic N) is 1. The van der Waals surface area contributed by atoms with E-state index in [1.54, 1.807) is 0 Å². The van der Waals surface area contributed by atoms with Gasteiger partial charge in [0, 0.05) is 6.54 Å². The summed E-state index contributed by atoms with van der Waals surface area (Å²) in [6.07, 6.45) is 2.48. The minimum atomic E-state index is -0.651. The second-order valence-electron chi connectivity index (χ2n) is 7.05. The molecule has 1 fully saturated rings. The number of piperidine rings is 1. The number of benzene rings is 2. The van der Waals surface area contributed by atoms with Gasteiger partial charge in [-0.15, -0.1) is 0 Å². The molecule has 3 rings (SSSR count). The first-order chi connectivity index (χ1) is 12.6. The molecular weight excluding hydrogens is 326 g/mol. The molecule has 1 N–H and O–H groups in total. The van der Waals surface area contributed by atoms with E-state index < -0.39 is 5.97 Å². The minimum Gasteiger partial charge on any atom is -0.494 e. The third-order valence-electron chi connectivity index (χ3n) is 5.03. The Labute approximate surface area is 155 Å². The molecule has 0 bridgehead atoms. The molecule has 0 amide bonds. The maximum Gasteiger partial charge on any atom is 0.306 e. The predicted molar refractivity (Wildman–Crippen MR) is 104 cm³/mol. The molecule has 2 aromatic rings. The SMILES string of the molecule is Cc1cccc(-c2ccc(OCCCN3CCC(C(=O)O)CC3)cc2)c1. The maximum atomic E-state index is 11.0. The van der Waals surface area contributed by atoms with Crippen molar-refractivity contribution in [1.82, 2.24) is 4.90 Å². The smallest absolute Gasteiger partial charge is 0.306 e. The lowest BCUT2D eigenvalue weighted by Gasteiger charge is -2.29. The van der Waals surface area contributed by atoms with Crippen molar-refractivity contribution < 1.29 is 14.6 Å². The lowest BCUT2D eigenvalue weighted by molar-refractivity contribution is -0.143. The highest BCUT2D eigenvalue weighted by atomic mass is 16.5. The van der Waals surface area contributed by atoms with Crippen molar-refractivity contribution in [2.75, 3.05) is 26.2 Å². The van der Waals surface area contributed by atoms with Crippen molar-refractivity contribution in [3.05, 3.63) is 54.1 Å². The van der Waals surface area contributed by atoms with Crippen molar-refractivity contribution in [2.45, 2.75) is 26.2 Å². The Morgan fingerprint density at radius 1 is 1.12 bits per heavy atom. The zero-order valence-corrected chi connectivity index (χ0v) is 15.4. The van der Waals surface area contributed by atoms with Crippen molar-refractivity contribution in [3.8, 4) is 16.9 Å². The van der Waals surface area contributed by atoms with Gasteiger partial charge in [0.15, 0.2) is 0 Å². The molecule has 1 heterocycles. The Morgan fingerprint density at radius 3 is 2.50 bits per heavy atom. The molecule has 1 saturated heterocycles. The van der Waals surface area contributed by atoms with Gasteiger partial charge in [-0.05, 0) is 62.5 Å². The summed E-state index contributed by atoms with van der Waals surface area (Å²) in [6.45, 7) is 5.51. The van der Waals surface area contributed by atoms with Gasteiger partial charge in [-0.25, -0.2) is 0 Å². The number of carboxylic acid groups (broad SMARTS) is 1. The molecule has 0 spiro atoms. The number of hydrogen-bond acceptors (Lipinski definition) is 3. The molecule has 4 nitrogen and oxygen atoms in total. The standard InChI is InChI=1S/C22H27NO3/c1-17-4-2-5-20(16-17)18-6-8-21(9-7-18)26-15-3-12-23-13-10-19(11-14-23)22(24)25/h2,4-9,16,19H,3,10-15H2,1H3,(H,24,25). The first-order valence-corrected chi connectivity index (χ1v) is 9.37. The third-order valence-corrected chi connectivity index (χ3v) is 5.03. The zero-order valence-electron chi connectivity index (χ0n) is 15.4. The molecule has 26 heavy (non-hydrogen) atoms. The molecule has 0 aliphatic carbocycles. The van der Waals surface area contributed by atoms with Crippen LogP contribution in [0.3, 0.4) is 0 Å². The quantitative estimate of drug-likeness (QED) is 0.757. The molecular formula is C22H27NO3. The molecule has 0 unspecified atom stereocenters. The largest absolute Gasteiger partial charge is 0.494 e. The van der Waals surface area contributed by atoms with Crippen LogP contribution in [-0.4, -0.2) is 42.2 Å². The molecule has 2 aromatic carbocycles. The summed E-state index contributed by atoms with van der Waals surface area (Å²) in [6, 6.07) is 16.7. The number of aliphatic carboxylic acids is 1. The van der Waals surface area contributed by atoms with Crippen LogP contribution in [0.2, 0.25) is 0 Å². The van der Waals surface area contributed by atoms with Gasteiger partial charge in [0.1, 0.15) is 5.75 Å². The Hall–Kier alpha value is -2.33. The molecule has 1 aliphatic heterocycles. The monoisotopic (exact) mass is 353 g/mol.